The predicted molar refractivity (Wildman–Crippen MR) is 61.2 cm³/mol. The molecule has 0 saturated carbocycles. The van der Waals surface area contributed by atoms with Gasteiger partial charge in [0.1, 0.15) is 11.6 Å². The molecule has 1 N–H and O–H groups in total. The summed E-state index contributed by atoms with van der Waals surface area (Å²) < 4.78 is 18.2. The number of benzene rings is 1. The molecular formula is C12H14FNO3. The molecule has 0 aliphatic carbocycles. The lowest BCUT2D eigenvalue weighted by molar-refractivity contribution is -0.134. The van der Waals surface area contributed by atoms with Crippen LogP contribution in [0.5, 0.6) is 5.75 Å². The molecule has 17 heavy (non-hydrogen) atoms. The maximum atomic E-state index is 13.3. The van der Waals surface area contributed by atoms with E-state index in [1.54, 1.807) is 13.8 Å². The maximum Gasteiger partial charge on any atom is 0.310 e. The average Bonchev–Trinajstić information content (AvgIpc) is 2.33. The van der Waals surface area contributed by atoms with Gasteiger partial charge in [-0.05, 0) is 12.1 Å². The van der Waals surface area contributed by atoms with Gasteiger partial charge in [0.25, 0.3) is 0 Å². The van der Waals surface area contributed by atoms with E-state index in [4.69, 9.17) is 4.74 Å². The van der Waals surface area contributed by atoms with Crippen LogP contribution in [0.2, 0.25) is 0 Å². The number of hydrogen-bond acceptors (Lipinski definition) is 3. The van der Waals surface area contributed by atoms with Crippen LogP contribution >= 0.6 is 0 Å². The zero-order valence-electron chi connectivity index (χ0n) is 9.75. The first kappa shape index (κ1) is 13.2. The Kier molecular flexibility index (Phi) is 4.63. The van der Waals surface area contributed by atoms with Crippen LogP contribution in [0.25, 0.3) is 0 Å². The molecule has 1 amide bonds. The molecule has 0 fully saturated rings. The van der Waals surface area contributed by atoms with E-state index in [1.807, 2.05) is 0 Å². The second-order valence-electron chi connectivity index (χ2n) is 3.37. The number of anilines is 1. The summed E-state index contributed by atoms with van der Waals surface area (Å²) in [7, 11) is 0. The molecule has 0 aromatic heterocycles. The first-order valence-corrected chi connectivity index (χ1v) is 5.36. The van der Waals surface area contributed by atoms with Crippen molar-refractivity contribution in [1.82, 2.24) is 0 Å². The lowest BCUT2D eigenvalue weighted by Gasteiger charge is -2.08. The van der Waals surface area contributed by atoms with E-state index in [0.29, 0.717) is 0 Å². The molecule has 0 heterocycles. The van der Waals surface area contributed by atoms with Crippen molar-refractivity contribution in [3.63, 3.8) is 0 Å². The van der Waals surface area contributed by atoms with Crippen molar-refractivity contribution in [2.75, 3.05) is 5.32 Å². The molecule has 1 rings (SSSR count). The fourth-order valence-electron chi connectivity index (χ4n) is 1.11. The number of amides is 1. The summed E-state index contributed by atoms with van der Waals surface area (Å²) >= 11 is 0. The topological polar surface area (TPSA) is 55.4 Å². The quantitative estimate of drug-likeness (QED) is 0.648. The number of hydrogen-bond donors (Lipinski definition) is 1. The van der Waals surface area contributed by atoms with Gasteiger partial charge < -0.3 is 10.1 Å². The van der Waals surface area contributed by atoms with Gasteiger partial charge in [-0.2, -0.15) is 0 Å². The molecule has 0 bridgehead atoms. The largest absolute Gasteiger partial charge is 0.426 e. The Balaban J connectivity index is 2.86. The predicted octanol–water partition coefficient (Wildman–Crippen LogP) is 2.49. The zero-order chi connectivity index (χ0) is 12.8. The SMILES string of the molecule is CCC(=O)Nc1cc(OC(=O)CC)ccc1F. The minimum Gasteiger partial charge on any atom is -0.426 e. The zero-order valence-corrected chi connectivity index (χ0v) is 9.75. The van der Waals surface area contributed by atoms with Gasteiger partial charge in [-0.1, -0.05) is 13.8 Å². The fraction of sp³-hybridized carbons (Fsp3) is 0.333. The van der Waals surface area contributed by atoms with Crippen LogP contribution in [0.15, 0.2) is 18.2 Å². The highest BCUT2D eigenvalue weighted by atomic mass is 19.1. The molecule has 0 aliphatic rings. The summed E-state index contributed by atoms with van der Waals surface area (Å²) in [6.45, 7) is 3.32. The summed E-state index contributed by atoms with van der Waals surface area (Å²) in [4.78, 5) is 22.2. The number of nitrogens with one attached hydrogen (secondary N) is 1. The van der Waals surface area contributed by atoms with Crippen molar-refractivity contribution in [1.29, 1.82) is 0 Å². The van der Waals surface area contributed by atoms with E-state index in [9.17, 15) is 14.0 Å². The molecule has 4 nitrogen and oxygen atoms in total. The Morgan fingerprint density at radius 2 is 2.00 bits per heavy atom. The molecule has 0 saturated heterocycles. The lowest BCUT2D eigenvalue weighted by atomic mass is 10.2. The number of carbonyl (C=O) groups excluding carboxylic acids is 2. The Hall–Kier alpha value is -1.91. The number of carbonyl (C=O) groups is 2. The molecule has 0 spiro atoms. The van der Waals surface area contributed by atoms with Crippen LogP contribution in [0.3, 0.4) is 0 Å². The Bertz CT molecular complexity index is 432. The molecule has 1 aromatic carbocycles. The third kappa shape index (κ3) is 3.86. The number of ether oxygens (including phenoxy) is 1. The molecule has 92 valence electrons. The molecule has 5 heteroatoms. The molecule has 0 aliphatic heterocycles. The summed E-state index contributed by atoms with van der Waals surface area (Å²) in [6.07, 6.45) is 0.479. The molecule has 0 radical (unpaired) electrons. The van der Waals surface area contributed by atoms with Crippen molar-refractivity contribution in [3.8, 4) is 5.75 Å². The summed E-state index contributed by atoms with van der Waals surface area (Å²) in [5, 5.41) is 2.39. The maximum absolute atomic E-state index is 13.3. The number of rotatable bonds is 4. The third-order valence-electron chi connectivity index (χ3n) is 2.05. The van der Waals surface area contributed by atoms with Crippen molar-refractivity contribution >= 4 is 17.6 Å². The third-order valence-corrected chi connectivity index (χ3v) is 2.05. The van der Waals surface area contributed by atoms with E-state index in [1.165, 1.54) is 12.1 Å². The smallest absolute Gasteiger partial charge is 0.310 e. The first-order valence-electron chi connectivity index (χ1n) is 5.36. The van der Waals surface area contributed by atoms with E-state index in [0.717, 1.165) is 6.07 Å². The minimum absolute atomic E-state index is 0.0123. The van der Waals surface area contributed by atoms with Gasteiger partial charge in [0.2, 0.25) is 5.91 Å². The highest BCUT2D eigenvalue weighted by molar-refractivity contribution is 5.90. The Labute approximate surface area is 98.8 Å². The Morgan fingerprint density at radius 3 is 2.59 bits per heavy atom. The van der Waals surface area contributed by atoms with Crippen molar-refractivity contribution in [2.45, 2.75) is 26.7 Å². The lowest BCUT2D eigenvalue weighted by Crippen LogP contribution is -2.11. The first-order chi connectivity index (χ1) is 8.06. The number of halogens is 1. The van der Waals surface area contributed by atoms with Crippen LogP contribution in [0, 0.1) is 5.82 Å². The van der Waals surface area contributed by atoms with Gasteiger partial charge >= 0.3 is 5.97 Å². The van der Waals surface area contributed by atoms with Gasteiger partial charge in [0.05, 0.1) is 5.69 Å². The van der Waals surface area contributed by atoms with Crippen LogP contribution in [-0.4, -0.2) is 11.9 Å². The van der Waals surface area contributed by atoms with Crippen LogP contribution < -0.4 is 10.1 Å². The number of esters is 1. The monoisotopic (exact) mass is 239 g/mol. The van der Waals surface area contributed by atoms with Crippen LogP contribution in [0.4, 0.5) is 10.1 Å². The van der Waals surface area contributed by atoms with Gasteiger partial charge in [-0.25, -0.2) is 4.39 Å². The van der Waals surface area contributed by atoms with Crippen molar-refractivity contribution < 1.29 is 18.7 Å². The fourth-order valence-corrected chi connectivity index (χ4v) is 1.11. The molecule has 0 unspecified atom stereocenters. The summed E-state index contributed by atoms with van der Waals surface area (Å²) in [5.74, 6) is -1.07. The van der Waals surface area contributed by atoms with Crippen LogP contribution in [-0.2, 0) is 9.59 Å². The second kappa shape index (κ2) is 5.98. The van der Waals surface area contributed by atoms with E-state index in [2.05, 4.69) is 5.32 Å². The van der Waals surface area contributed by atoms with E-state index >= 15 is 0 Å². The average molecular weight is 239 g/mol. The summed E-state index contributed by atoms with van der Waals surface area (Å²) in [5.41, 5.74) is 0.0123. The normalized spacial score (nSPS) is 9.82. The van der Waals surface area contributed by atoms with Gasteiger partial charge in [-0.3, -0.25) is 9.59 Å². The van der Waals surface area contributed by atoms with E-state index in [-0.39, 0.29) is 30.2 Å². The standard InChI is InChI=1S/C12H14FNO3/c1-3-11(15)14-10-7-8(5-6-9(10)13)17-12(16)4-2/h5-7H,3-4H2,1-2H3,(H,14,15). The molecular weight excluding hydrogens is 225 g/mol. The molecule has 0 atom stereocenters. The van der Waals surface area contributed by atoms with Gasteiger partial charge in [0, 0.05) is 18.9 Å². The highest BCUT2D eigenvalue weighted by Crippen LogP contribution is 2.21. The van der Waals surface area contributed by atoms with Gasteiger partial charge in [-0.15, -0.1) is 0 Å². The van der Waals surface area contributed by atoms with Crippen molar-refractivity contribution in [3.05, 3.63) is 24.0 Å². The van der Waals surface area contributed by atoms with Crippen molar-refractivity contribution in [2.24, 2.45) is 0 Å². The second-order valence-corrected chi connectivity index (χ2v) is 3.37. The minimum atomic E-state index is -0.567. The highest BCUT2D eigenvalue weighted by Gasteiger charge is 2.09. The summed E-state index contributed by atoms with van der Waals surface area (Å²) in [6, 6.07) is 3.77. The van der Waals surface area contributed by atoms with Gasteiger partial charge in [0.15, 0.2) is 0 Å². The van der Waals surface area contributed by atoms with E-state index < -0.39 is 11.8 Å². The molecule has 1 aromatic rings. The van der Waals surface area contributed by atoms with Crippen LogP contribution in [0.1, 0.15) is 26.7 Å². The Morgan fingerprint density at radius 1 is 1.29 bits per heavy atom.